The average molecular weight is 176 g/mol. The zero-order valence-corrected chi connectivity index (χ0v) is 8.25. The topological polar surface area (TPSA) is 20.2 Å². The molecule has 0 radical (unpaired) electrons. The van der Waals surface area contributed by atoms with Crippen molar-refractivity contribution in [1.82, 2.24) is 0 Å². The van der Waals surface area contributed by atoms with Crippen molar-refractivity contribution in [2.24, 2.45) is 0 Å². The number of hydrogen-bond donors (Lipinski definition) is 1. The Labute approximate surface area is 79.4 Å². The number of hydrogen-bond acceptors (Lipinski definition) is 1. The van der Waals surface area contributed by atoms with Gasteiger partial charge in [0.05, 0.1) is 6.10 Å². The monoisotopic (exact) mass is 176 g/mol. The number of benzene rings is 1. The fourth-order valence-electron chi connectivity index (χ4n) is 2.04. The molecule has 1 fully saturated rings. The summed E-state index contributed by atoms with van der Waals surface area (Å²) in [6.45, 7) is 4.28. The van der Waals surface area contributed by atoms with Gasteiger partial charge in [-0.3, -0.25) is 0 Å². The normalized spacial score (nSPS) is 27.0. The van der Waals surface area contributed by atoms with E-state index in [1.54, 1.807) is 0 Å². The van der Waals surface area contributed by atoms with E-state index in [-0.39, 0.29) is 6.10 Å². The van der Waals surface area contributed by atoms with Gasteiger partial charge in [0, 0.05) is 0 Å². The van der Waals surface area contributed by atoms with E-state index in [0.717, 1.165) is 12.8 Å². The van der Waals surface area contributed by atoms with Crippen LogP contribution in [0.4, 0.5) is 0 Å². The van der Waals surface area contributed by atoms with E-state index in [0.29, 0.717) is 5.92 Å². The molecule has 1 heteroatoms. The molecule has 2 rings (SSSR count). The molecule has 1 aromatic rings. The van der Waals surface area contributed by atoms with E-state index >= 15 is 0 Å². The van der Waals surface area contributed by atoms with Gasteiger partial charge in [-0.1, -0.05) is 23.8 Å². The molecule has 0 atom stereocenters. The summed E-state index contributed by atoms with van der Waals surface area (Å²) in [7, 11) is 0. The predicted molar refractivity (Wildman–Crippen MR) is 53.9 cm³/mol. The molecule has 1 aromatic carbocycles. The highest BCUT2D eigenvalue weighted by Gasteiger charge is 2.29. The van der Waals surface area contributed by atoms with Crippen LogP contribution >= 0.6 is 0 Å². The van der Waals surface area contributed by atoms with E-state index in [1.807, 2.05) is 0 Å². The largest absolute Gasteiger partial charge is 0.393 e. The predicted octanol–water partition coefficient (Wildman–Crippen LogP) is 2.54. The first-order valence-electron chi connectivity index (χ1n) is 4.92. The molecule has 13 heavy (non-hydrogen) atoms. The van der Waals surface area contributed by atoms with Crippen molar-refractivity contribution in [3.05, 3.63) is 34.9 Å². The molecule has 70 valence electrons. The van der Waals surface area contributed by atoms with E-state index in [2.05, 4.69) is 32.0 Å². The van der Waals surface area contributed by atoms with E-state index < -0.39 is 0 Å². The van der Waals surface area contributed by atoms with Crippen molar-refractivity contribution < 1.29 is 5.11 Å². The molecule has 1 nitrogen and oxygen atoms in total. The van der Waals surface area contributed by atoms with Crippen molar-refractivity contribution in [1.29, 1.82) is 0 Å². The van der Waals surface area contributed by atoms with Crippen molar-refractivity contribution in [3.8, 4) is 0 Å². The van der Waals surface area contributed by atoms with Crippen molar-refractivity contribution in [3.63, 3.8) is 0 Å². The quantitative estimate of drug-likeness (QED) is 0.697. The molecule has 0 spiro atoms. The van der Waals surface area contributed by atoms with Crippen LogP contribution in [0, 0.1) is 13.8 Å². The molecule has 0 amide bonds. The SMILES string of the molecule is Cc1ccc(C)c(C2CC(O)C2)c1. The second-order valence-electron chi connectivity index (χ2n) is 4.18. The van der Waals surface area contributed by atoms with Crippen molar-refractivity contribution >= 4 is 0 Å². The Bertz CT molecular complexity index is 311. The summed E-state index contributed by atoms with van der Waals surface area (Å²) >= 11 is 0. The first-order valence-corrected chi connectivity index (χ1v) is 4.92. The van der Waals surface area contributed by atoms with Crippen LogP contribution in [0.2, 0.25) is 0 Å². The summed E-state index contributed by atoms with van der Waals surface area (Å²) in [4.78, 5) is 0. The van der Waals surface area contributed by atoms with Gasteiger partial charge in [0.15, 0.2) is 0 Å². The van der Waals surface area contributed by atoms with Crippen LogP contribution in [0.3, 0.4) is 0 Å². The Hall–Kier alpha value is -0.820. The molecule has 0 saturated heterocycles. The summed E-state index contributed by atoms with van der Waals surface area (Å²) in [6.07, 6.45) is 1.85. The first kappa shape index (κ1) is 8.76. The fourth-order valence-corrected chi connectivity index (χ4v) is 2.04. The Balaban J connectivity index is 2.24. The van der Waals surface area contributed by atoms with Gasteiger partial charge in [-0.05, 0) is 43.7 Å². The summed E-state index contributed by atoms with van der Waals surface area (Å²) in [5, 5.41) is 9.24. The highest BCUT2D eigenvalue weighted by molar-refractivity contribution is 5.34. The van der Waals surface area contributed by atoms with E-state index in [1.165, 1.54) is 16.7 Å². The molecule has 1 saturated carbocycles. The van der Waals surface area contributed by atoms with Gasteiger partial charge in [0.1, 0.15) is 0 Å². The molecule has 0 aromatic heterocycles. The average Bonchev–Trinajstić information content (AvgIpc) is 2.04. The van der Waals surface area contributed by atoms with Gasteiger partial charge >= 0.3 is 0 Å². The van der Waals surface area contributed by atoms with Gasteiger partial charge in [-0.25, -0.2) is 0 Å². The maximum absolute atomic E-state index is 9.24. The zero-order valence-electron chi connectivity index (χ0n) is 8.25. The lowest BCUT2D eigenvalue weighted by molar-refractivity contribution is 0.0744. The lowest BCUT2D eigenvalue weighted by atomic mass is 9.76. The molecular weight excluding hydrogens is 160 g/mol. The van der Waals surface area contributed by atoms with Gasteiger partial charge < -0.3 is 5.11 Å². The first-order chi connectivity index (χ1) is 6.16. The van der Waals surface area contributed by atoms with E-state index in [9.17, 15) is 5.11 Å². The Kier molecular flexibility index (Phi) is 2.12. The molecule has 1 aliphatic rings. The van der Waals surface area contributed by atoms with Crippen LogP contribution < -0.4 is 0 Å². The van der Waals surface area contributed by atoms with Crippen molar-refractivity contribution in [2.75, 3.05) is 0 Å². The molecule has 1 aliphatic carbocycles. The van der Waals surface area contributed by atoms with Crippen LogP contribution in [-0.2, 0) is 0 Å². The smallest absolute Gasteiger partial charge is 0.0552 e. The molecule has 0 bridgehead atoms. The number of rotatable bonds is 1. The van der Waals surface area contributed by atoms with Crippen LogP contribution in [0.5, 0.6) is 0 Å². The molecule has 1 N–H and O–H groups in total. The second kappa shape index (κ2) is 3.15. The zero-order chi connectivity index (χ0) is 9.42. The third-order valence-corrected chi connectivity index (χ3v) is 2.99. The molecular formula is C12H16O. The van der Waals surface area contributed by atoms with Gasteiger partial charge in [-0.15, -0.1) is 0 Å². The van der Waals surface area contributed by atoms with Gasteiger partial charge in [0.2, 0.25) is 0 Å². The maximum Gasteiger partial charge on any atom is 0.0552 e. The minimum atomic E-state index is -0.0510. The summed E-state index contributed by atoms with van der Waals surface area (Å²) in [6, 6.07) is 6.58. The Morgan fingerprint density at radius 1 is 1.23 bits per heavy atom. The molecule has 0 heterocycles. The van der Waals surface area contributed by atoms with Gasteiger partial charge in [-0.2, -0.15) is 0 Å². The fraction of sp³-hybridized carbons (Fsp3) is 0.500. The maximum atomic E-state index is 9.24. The number of aliphatic hydroxyl groups excluding tert-OH is 1. The van der Waals surface area contributed by atoms with Crippen LogP contribution in [-0.4, -0.2) is 11.2 Å². The lowest BCUT2D eigenvalue weighted by Crippen LogP contribution is -2.26. The molecule has 0 unspecified atom stereocenters. The number of aliphatic hydroxyl groups is 1. The number of aryl methyl sites for hydroxylation is 2. The Morgan fingerprint density at radius 3 is 2.54 bits per heavy atom. The second-order valence-corrected chi connectivity index (χ2v) is 4.18. The molecule has 0 aliphatic heterocycles. The van der Waals surface area contributed by atoms with Crippen LogP contribution in [0.25, 0.3) is 0 Å². The minimum Gasteiger partial charge on any atom is -0.393 e. The van der Waals surface area contributed by atoms with Crippen molar-refractivity contribution in [2.45, 2.75) is 38.7 Å². The lowest BCUT2D eigenvalue weighted by Gasteiger charge is -2.33. The summed E-state index contributed by atoms with van der Waals surface area (Å²) < 4.78 is 0. The Morgan fingerprint density at radius 2 is 1.92 bits per heavy atom. The summed E-state index contributed by atoms with van der Waals surface area (Å²) in [5.74, 6) is 0.606. The van der Waals surface area contributed by atoms with Crippen LogP contribution in [0.1, 0.15) is 35.4 Å². The van der Waals surface area contributed by atoms with Gasteiger partial charge in [0.25, 0.3) is 0 Å². The van der Waals surface area contributed by atoms with E-state index in [4.69, 9.17) is 0 Å². The highest BCUT2D eigenvalue weighted by atomic mass is 16.3. The highest BCUT2D eigenvalue weighted by Crippen LogP contribution is 2.38. The minimum absolute atomic E-state index is 0.0510. The van der Waals surface area contributed by atoms with Crippen LogP contribution in [0.15, 0.2) is 18.2 Å². The standard InChI is InChI=1S/C12H16O/c1-8-3-4-9(2)12(5-8)10-6-11(13)7-10/h3-5,10-11,13H,6-7H2,1-2H3. The third kappa shape index (κ3) is 1.61. The summed E-state index contributed by atoms with van der Waals surface area (Å²) in [5.41, 5.74) is 4.12. The third-order valence-electron chi connectivity index (χ3n) is 2.99.